The first-order chi connectivity index (χ1) is 19.3. The molecule has 11 heteroatoms. The summed E-state index contributed by atoms with van der Waals surface area (Å²) in [6.45, 7) is 12.1. The fourth-order valence-corrected chi connectivity index (χ4v) is 3.49. The van der Waals surface area contributed by atoms with Crippen LogP contribution < -0.4 is 15.2 Å². The standard InChI is InChI=1S/C30H47NO10/c1-8-22(6)17-26(32)37-16-13-30(31,27(33)36-7)19-23-9-10-24(40-28(34)38-14-11-20(2)3)25(18-23)41-29(35)39-15-12-21(4)5/h9-10,18,20-22H,8,11-17,19,31H2,1-7H3/t22?,30-/m1/s1. The number of benzene rings is 1. The molecule has 1 unspecified atom stereocenters. The van der Waals surface area contributed by atoms with Gasteiger partial charge >= 0.3 is 24.2 Å². The summed E-state index contributed by atoms with van der Waals surface area (Å²) in [6.07, 6.45) is 0.375. The Labute approximate surface area is 243 Å². The highest BCUT2D eigenvalue weighted by atomic mass is 16.7. The Morgan fingerprint density at radius 1 is 0.829 bits per heavy atom. The van der Waals surface area contributed by atoms with E-state index < -0.39 is 23.8 Å². The molecule has 0 bridgehead atoms. The number of ether oxygens (including phenoxy) is 6. The Morgan fingerprint density at radius 2 is 1.39 bits per heavy atom. The molecule has 1 aromatic carbocycles. The van der Waals surface area contributed by atoms with Gasteiger partial charge in [0.2, 0.25) is 0 Å². The van der Waals surface area contributed by atoms with Crippen LogP contribution in [0.2, 0.25) is 0 Å². The molecule has 2 atom stereocenters. The number of hydrogen-bond donors (Lipinski definition) is 1. The average Bonchev–Trinajstić information content (AvgIpc) is 2.89. The molecule has 0 saturated carbocycles. The topological polar surface area (TPSA) is 150 Å². The van der Waals surface area contributed by atoms with Crippen molar-refractivity contribution in [1.82, 2.24) is 0 Å². The van der Waals surface area contributed by atoms with Crippen LogP contribution in [0.5, 0.6) is 11.5 Å². The number of hydrogen-bond acceptors (Lipinski definition) is 11. The lowest BCUT2D eigenvalue weighted by molar-refractivity contribution is -0.151. The van der Waals surface area contributed by atoms with Crippen molar-refractivity contribution in [3.05, 3.63) is 23.8 Å². The van der Waals surface area contributed by atoms with Gasteiger partial charge in [0.15, 0.2) is 11.5 Å². The van der Waals surface area contributed by atoms with Crippen LogP contribution in [0.1, 0.15) is 79.2 Å². The first kappa shape index (κ1) is 35.7. The van der Waals surface area contributed by atoms with Crippen molar-refractivity contribution in [1.29, 1.82) is 0 Å². The zero-order chi connectivity index (χ0) is 31.0. The Balaban J connectivity index is 3.10. The van der Waals surface area contributed by atoms with Gasteiger partial charge in [0.25, 0.3) is 0 Å². The van der Waals surface area contributed by atoms with E-state index in [1.165, 1.54) is 19.2 Å². The quantitative estimate of drug-likeness (QED) is 0.139. The molecule has 0 saturated heterocycles. The van der Waals surface area contributed by atoms with Crippen molar-refractivity contribution < 1.29 is 47.6 Å². The van der Waals surface area contributed by atoms with Gasteiger partial charge < -0.3 is 34.2 Å². The normalized spacial score (nSPS) is 13.2. The first-order valence-corrected chi connectivity index (χ1v) is 14.1. The third-order valence-corrected chi connectivity index (χ3v) is 6.36. The maximum Gasteiger partial charge on any atom is 0.513 e. The Kier molecular flexibility index (Phi) is 15.8. The highest BCUT2D eigenvalue weighted by Crippen LogP contribution is 2.31. The van der Waals surface area contributed by atoms with Crippen LogP contribution in [0.3, 0.4) is 0 Å². The van der Waals surface area contributed by atoms with Gasteiger partial charge in [0, 0.05) is 19.3 Å². The lowest BCUT2D eigenvalue weighted by Gasteiger charge is -2.27. The Bertz CT molecular complexity index is 993. The second-order valence-corrected chi connectivity index (χ2v) is 11.1. The largest absolute Gasteiger partial charge is 0.513 e. The van der Waals surface area contributed by atoms with Crippen molar-refractivity contribution in [3.63, 3.8) is 0 Å². The van der Waals surface area contributed by atoms with E-state index in [0.717, 1.165) is 6.42 Å². The average molecular weight is 582 g/mol. The van der Waals surface area contributed by atoms with Gasteiger partial charge in [-0.2, -0.15) is 0 Å². The van der Waals surface area contributed by atoms with Gasteiger partial charge in [-0.05, 0) is 48.3 Å². The molecule has 0 radical (unpaired) electrons. The van der Waals surface area contributed by atoms with Gasteiger partial charge in [-0.1, -0.05) is 54.0 Å². The number of nitrogens with two attached hydrogens (primary N) is 1. The lowest BCUT2D eigenvalue weighted by Crippen LogP contribution is -2.51. The zero-order valence-electron chi connectivity index (χ0n) is 25.5. The first-order valence-electron chi connectivity index (χ1n) is 14.1. The molecule has 0 aliphatic heterocycles. The molecule has 0 aromatic heterocycles. The van der Waals surface area contributed by atoms with Crippen LogP contribution in [0, 0.1) is 17.8 Å². The summed E-state index contributed by atoms with van der Waals surface area (Å²) in [4.78, 5) is 49.4. The van der Waals surface area contributed by atoms with E-state index in [1.54, 1.807) is 6.07 Å². The Hall–Kier alpha value is -3.34. The molecular formula is C30H47NO10. The number of carbonyl (C=O) groups is 4. The van der Waals surface area contributed by atoms with Crippen LogP contribution in [0.15, 0.2) is 18.2 Å². The van der Waals surface area contributed by atoms with Crippen LogP contribution in [-0.2, 0) is 35.0 Å². The SMILES string of the molecule is CCC(C)CC(=O)OCC[C@@](N)(Cc1ccc(OC(=O)OCCC(C)C)c(OC(=O)OCCC(C)C)c1)C(=O)OC. The van der Waals surface area contributed by atoms with E-state index in [-0.39, 0.29) is 62.5 Å². The second kappa shape index (κ2) is 18.2. The number of esters is 2. The number of methoxy groups -OCH3 is 1. The van der Waals surface area contributed by atoms with Gasteiger partial charge in [0.1, 0.15) is 5.54 Å². The summed E-state index contributed by atoms with van der Waals surface area (Å²) in [5.74, 6) is -0.462. The minimum absolute atomic E-state index is 0.0141. The van der Waals surface area contributed by atoms with E-state index in [1.807, 2.05) is 41.5 Å². The molecule has 0 aliphatic carbocycles. The molecule has 0 spiro atoms. The van der Waals surface area contributed by atoms with Gasteiger partial charge in [-0.25, -0.2) is 9.59 Å². The number of carbonyl (C=O) groups excluding carboxylic acids is 4. The minimum atomic E-state index is -1.56. The molecule has 0 aliphatic rings. The van der Waals surface area contributed by atoms with Crippen LogP contribution in [-0.4, -0.2) is 56.7 Å². The smallest absolute Gasteiger partial charge is 0.468 e. The van der Waals surface area contributed by atoms with Gasteiger partial charge in [-0.15, -0.1) is 0 Å². The van der Waals surface area contributed by atoms with Crippen molar-refractivity contribution in [2.24, 2.45) is 23.5 Å². The number of rotatable bonds is 17. The third kappa shape index (κ3) is 14.2. The van der Waals surface area contributed by atoms with Crippen molar-refractivity contribution in [2.45, 2.75) is 85.6 Å². The van der Waals surface area contributed by atoms with Gasteiger partial charge in [0.05, 0.1) is 26.9 Å². The van der Waals surface area contributed by atoms with E-state index in [2.05, 4.69) is 0 Å². The molecule has 41 heavy (non-hydrogen) atoms. The summed E-state index contributed by atoms with van der Waals surface area (Å²) >= 11 is 0. The zero-order valence-corrected chi connectivity index (χ0v) is 25.5. The summed E-state index contributed by atoms with van der Waals surface area (Å²) in [7, 11) is 1.21. The summed E-state index contributed by atoms with van der Waals surface area (Å²) in [5.41, 5.74) is 5.35. The fraction of sp³-hybridized carbons (Fsp3) is 0.667. The van der Waals surface area contributed by atoms with E-state index in [9.17, 15) is 19.2 Å². The maximum atomic E-state index is 12.7. The summed E-state index contributed by atoms with van der Waals surface area (Å²) in [5, 5.41) is 0. The molecule has 1 aromatic rings. The lowest BCUT2D eigenvalue weighted by atomic mass is 9.88. The van der Waals surface area contributed by atoms with Crippen molar-refractivity contribution in [2.75, 3.05) is 26.9 Å². The van der Waals surface area contributed by atoms with Crippen molar-refractivity contribution in [3.8, 4) is 11.5 Å². The van der Waals surface area contributed by atoms with Crippen molar-refractivity contribution >= 4 is 24.2 Å². The van der Waals surface area contributed by atoms with E-state index in [0.29, 0.717) is 30.2 Å². The summed E-state index contributed by atoms with van der Waals surface area (Å²) in [6, 6.07) is 4.38. The maximum absolute atomic E-state index is 12.7. The third-order valence-electron chi connectivity index (χ3n) is 6.36. The Morgan fingerprint density at radius 3 is 1.90 bits per heavy atom. The molecular weight excluding hydrogens is 534 g/mol. The summed E-state index contributed by atoms with van der Waals surface area (Å²) < 4.78 is 31.1. The van der Waals surface area contributed by atoms with Crippen LogP contribution in [0.4, 0.5) is 9.59 Å². The van der Waals surface area contributed by atoms with Gasteiger partial charge in [-0.3, -0.25) is 9.59 Å². The highest BCUT2D eigenvalue weighted by molar-refractivity contribution is 5.81. The second-order valence-electron chi connectivity index (χ2n) is 11.1. The van der Waals surface area contributed by atoms with E-state index in [4.69, 9.17) is 34.2 Å². The van der Waals surface area contributed by atoms with E-state index >= 15 is 0 Å². The predicted molar refractivity (Wildman–Crippen MR) is 152 cm³/mol. The molecule has 0 amide bonds. The van der Waals surface area contributed by atoms with Crippen LogP contribution in [0.25, 0.3) is 0 Å². The minimum Gasteiger partial charge on any atom is -0.468 e. The molecule has 11 nitrogen and oxygen atoms in total. The highest BCUT2D eigenvalue weighted by Gasteiger charge is 2.36. The predicted octanol–water partition coefficient (Wildman–Crippen LogP) is 5.59. The van der Waals surface area contributed by atoms with Crippen LogP contribution >= 0.6 is 0 Å². The molecule has 2 N–H and O–H groups in total. The molecule has 0 fully saturated rings. The monoisotopic (exact) mass is 581 g/mol. The molecule has 1 rings (SSSR count). The fourth-order valence-electron chi connectivity index (χ4n) is 3.49. The molecule has 232 valence electrons. The molecule has 0 heterocycles.